The monoisotopic (exact) mass is 274 g/mol. The van der Waals surface area contributed by atoms with Crippen LogP contribution >= 0.6 is 0 Å². The molecular formula is C19H46. The molecule has 0 N–H and O–H groups in total. The summed E-state index contributed by atoms with van der Waals surface area (Å²) in [6.07, 6.45) is 8.26. The van der Waals surface area contributed by atoms with E-state index in [1.54, 1.807) is 0 Å². The van der Waals surface area contributed by atoms with Gasteiger partial charge in [0.05, 0.1) is 0 Å². The van der Waals surface area contributed by atoms with Crippen LogP contribution in [0.25, 0.3) is 0 Å². The van der Waals surface area contributed by atoms with Gasteiger partial charge in [0.1, 0.15) is 0 Å². The van der Waals surface area contributed by atoms with Crippen LogP contribution in [0.3, 0.4) is 0 Å². The first kappa shape index (κ1) is 27.4. The summed E-state index contributed by atoms with van der Waals surface area (Å²) < 4.78 is 0. The number of rotatable bonds is 7. The van der Waals surface area contributed by atoms with E-state index in [2.05, 4.69) is 34.6 Å². The Bertz CT molecular complexity index is 117. The van der Waals surface area contributed by atoms with E-state index in [0.29, 0.717) is 5.41 Å². The Balaban J connectivity index is -0.000000163. The fourth-order valence-electron chi connectivity index (χ4n) is 2.01. The Morgan fingerprint density at radius 1 is 0.842 bits per heavy atom. The van der Waals surface area contributed by atoms with Crippen molar-refractivity contribution < 1.29 is 0 Å². The topological polar surface area (TPSA) is 0 Å². The zero-order chi connectivity index (χ0) is 16.3. The van der Waals surface area contributed by atoms with Crippen molar-refractivity contribution in [3.05, 3.63) is 0 Å². The van der Waals surface area contributed by atoms with Crippen molar-refractivity contribution in [1.29, 1.82) is 0 Å². The van der Waals surface area contributed by atoms with E-state index < -0.39 is 0 Å². The third kappa shape index (κ3) is 20.5. The van der Waals surface area contributed by atoms with Crippen LogP contribution in [-0.4, -0.2) is 0 Å². The number of hydrogen-bond acceptors (Lipinski definition) is 0. The van der Waals surface area contributed by atoms with Gasteiger partial charge in [-0.05, 0) is 24.2 Å². The number of unbranched alkanes of at least 4 members (excludes halogenated alkanes) is 1. The summed E-state index contributed by atoms with van der Waals surface area (Å²) in [6.45, 7) is 23.8. The van der Waals surface area contributed by atoms with E-state index >= 15 is 0 Å². The first-order chi connectivity index (χ1) is 9.08. The summed E-state index contributed by atoms with van der Waals surface area (Å²) in [5.74, 6) is 0.904. The fourth-order valence-corrected chi connectivity index (χ4v) is 2.01. The average Bonchev–Trinajstić information content (AvgIpc) is 2.51. The summed E-state index contributed by atoms with van der Waals surface area (Å²) in [5.41, 5.74) is 0.617. The van der Waals surface area contributed by atoms with Crippen LogP contribution in [0.15, 0.2) is 0 Å². The van der Waals surface area contributed by atoms with Crippen molar-refractivity contribution in [2.75, 3.05) is 0 Å². The van der Waals surface area contributed by atoms with Gasteiger partial charge in [-0.25, -0.2) is 0 Å². The third-order valence-electron chi connectivity index (χ3n) is 3.53. The molecule has 0 heteroatoms. The molecular weight excluding hydrogens is 228 g/mol. The standard InChI is InChI=1S/C13H28.3C2H6/c1-6-9-10-13(5,8-3)11-12(4)7-2;3*1-2/h12H,6-11H2,1-5H3;3*1-2H3. The molecule has 0 fully saturated rings. The molecule has 0 spiro atoms. The zero-order valence-corrected chi connectivity index (χ0v) is 16.3. The van der Waals surface area contributed by atoms with Crippen LogP contribution in [-0.2, 0) is 0 Å². The molecule has 0 aromatic heterocycles. The lowest BCUT2D eigenvalue weighted by Crippen LogP contribution is -2.18. The minimum Gasteiger partial charge on any atom is -0.0683 e. The van der Waals surface area contributed by atoms with E-state index in [9.17, 15) is 0 Å². The highest BCUT2D eigenvalue weighted by Crippen LogP contribution is 2.35. The third-order valence-corrected chi connectivity index (χ3v) is 3.53. The lowest BCUT2D eigenvalue weighted by molar-refractivity contribution is 0.211. The molecule has 0 saturated heterocycles. The van der Waals surface area contributed by atoms with Crippen molar-refractivity contribution in [2.24, 2.45) is 11.3 Å². The molecule has 2 atom stereocenters. The van der Waals surface area contributed by atoms with Gasteiger partial charge in [0.15, 0.2) is 0 Å². The highest BCUT2D eigenvalue weighted by Gasteiger charge is 2.23. The smallest absolute Gasteiger partial charge is 0.0326 e. The van der Waals surface area contributed by atoms with E-state index in [0.717, 1.165) is 5.92 Å². The Labute approximate surface area is 126 Å². The average molecular weight is 275 g/mol. The van der Waals surface area contributed by atoms with Gasteiger partial charge in [-0.15, -0.1) is 0 Å². The van der Waals surface area contributed by atoms with Crippen LogP contribution < -0.4 is 0 Å². The van der Waals surface area contributed by atoms with Crippen molar-refractivity contribution >= 4 is 0 Å². The Kier molecular flexibility index (Phi) is 33.3. The predicted molar refractivity (Wildman–Crippen MR) is 96.0 cm³/mol. The van der Waals surface area contributed by atoms with Crippen LogP contribution in [0.4, 0.5) is 0 Å². The van der Waals surface area contributed by atoms with E-state index in [-0.39, 0.29) is 0 Å². The molecule has 0 bridgehead atoms. The molecule has 19 heavy (non-hydrogen) atoms. The van der Waals surface area contributed by atoms with Crippen LogP contribution in [0.2, 0.25) is 0 Å². The molecule has 0 saturated carbocycles. The Hall–Kier alpha value is 0. The molecule has 0 aromatic carbocycles. The number of hydrogen-bond donors (Lipinski definition) is 0. The highest BCUT2D eigenvalue weighted by molar-refractivity contribution is 4.74. The lowest BCUT2D eigenvalue weighted by Gasteiger charge is -2.31. The maximum atomic E-state index is 2.47. The van der Waals surface area contributed by atoms with Crippen LogP contribution in [0, 0.1) is 11.3 Å². The summed E-state index contributed by atoms with van der Waals surface area (Å²) in [5, 5.41) is 0. The second-order valence-corrected chi connectivity index (χ2v) is 4.99. The highest BCUT2D eigenvalue weighted by atomic mass is 14.3. The maximum Gasteiger partial charge on any atom is -0.0326 e. The molecule has 0 rings (SSSR count). The second-order valence-electron chi connectivity index (χ2n) is 4.99. The van der Waals surface area contributed by atoms with Gasteiger partial charge < -0.3 is 0 Å². The molecule has 2 unspecified atom stereocenters. The van der Waals surface area contributed by atoms with Gasteiger partial charge in [-0.2, -0.15) is 0 Å². The quantitative estimate of drug-likeness (QED) is 0.440. The normalized spacial score (nSPS) is 13.4. The van der Waals surface area contributed by atoms with Crippen LogP contribution in [0.5, 0.6) is 0 Å². The molecule has 122 valence electrons. The van der Waals surface area contributed by atoms with Crippen molar-refractivity contribution in [1.82, 2.24) is 0 Å². The SMILES string of the molecule is CC.CC.CC.CCCCC(C)(CC)CC(C)CC. The van der Waals surface area contributed by atoms with Gasteiger partial charge in [-0.3, -0.25) is 0 Å². The molecule has 0 aliphatic carbocycles. The largest absolute Gasteiger partial charge is 0.0683 e. The van der Waals surface area contributed by atoms with Crippen molar-refractivity contribution in [3.63, 3.8) is 0 Å². The molecule has 0 radical (unpaired) electrons. The lowest BCUT2D eigenvalue weighted by atomic mass is 9.75. The van der Waals surface area contributed by atoms with Crippen LogP contribution in [0.1, 0.15) is 115 Å². The molecule has 0 aliphatic rings. The Morgan fingerprint density at radius 2 is 1.26 bits per heavy atom. The summed E-state index contributed by atoms with van der Waals surface area (Å²) in [4.78, 5) is 0. The zero-order valence-electron chi connectivity index (χ0n) is 16.3. The molecule has 0 heterocycles. The first-order valence-corrected chi connectivity index (χ1v) is 9.08. The molecule has 0 amide bonds. The molecule has 0 aromatic rings. The minimum absolute atomic E-state index is 0.617. The van der Waals surface area contributed by atoms with Gasteiger partial charge in [-0.1, -0.05) is 102 Å². The van der Waals surface area contributed by atoms with Gasteiger partial charge >= 0.3 is 0 Å². The Morgan fingerprint density at radius 3 is 1.53 bits per heavy atom. The van der Waals surface area contributed by atoms with Gasteiger partial charge in [0.2, 0.25) is 0 Å². The second kappa shape index (κ2) is 23.1. The van der Waals surface area contributed by atoms with E-state index in [1.807, 2.05) is 41.5 Å². The summed E-state index contributed by atoms with van der Waals surface area (Å²) in [6, 6.07) is 0. The predicted octanol–water partition coefficient (Wildman–Crippen LogP) is 8.11. The fraction of sp³-hybridized carbons (Fsp3) is 1.00. The summed E-state index contributed by atoms with van der Waals surface area (Å²) >= 11 is 0. The van der Waals surface area contributed by atoms with E-state index in [4.69, 9.17) is 0 Å². The van der Waals surface area contributed by atoms with Gasteiger partial charge in [0, 0.05) is 0 Å². The van der Waals surface area contributed by atoms with Crippen molar-refractivity contribution in [2.45, 2.75) is 115 Å². The minimum atomic E-state index is 0.617. The van der Waals surface area contributed by atoms with Crippen molar-refractivity contribution in [3.8, 4) is 0 Å². The molecule has 0 aliphatic heterocycles. The summed E-state index contributed by atoms with van der Waals surface area (Å²) in [7, 11) is 0. The first-order valence-electron chi connectivity index (χ1n) is 9.08. The van der Waals surface area contributed by atoms with E-state index in [1.165, 1.54) is 38.5 Å². The van der Waals surface area contributed by atoms with Gasteiger partial charge in [0.25, 0.3) is 0 Å². The maximum absolute atomic E-state index is 2.47. The molecule has 0 nitrogen and oxygen atoms in total.